The third-order valence-electron chi connectivity index (χ3n) is 2.59. The van der Waals surface area contributed by atoms with Crippen molar-refractivity contribution in [1.82, 2.24) is 20.1 Å². The normalized spacial score (nSPS) is 12.1. The number of aromatic nitrogens is 3. The van der Waals surface area contributed by atoms with Crippen LogP contribution in [0, 0.1) is 5.82 Å². The van der Waals surface area contributed by atoms with E-state index in [1.54, 1.807) is 19.1 Å². The Hall–Kier alpha value is -2.24. The lowest BCUT2D eigenvalue weighted by Gasteiger charge is -2.11. The molecule has 1 aromatic heterocycles. The lowest BCUT2D eigenvalue weighted by atomic mass is 10.2. The fourth-order valence-electron chi connectivity index (χ4n) is 1.48. The topological polar surface area (TPSA) is 59.8 Å². The standard InChI is InChI=1S/C12H13FN4O/c1-9(17-8-14-7-16-17)12(18)15-6-10-2-4-11(13)5-3-10/h2-5,7-9H,6H2,1H3,(H,15,18). The number of amides is 1. The summed E-state index contributed by atoms with van der Waals surface area (Å²) in [5.41, 5.74) is 0.843. The minimum Gasteiger partial charge on any atom is -0.350 e. The highest BCUT2D eigenvalue weighted by Crippen LogP contribution is 2.05. The maximum absolute atomic E-state index is 12.7. The number of nitrogens with zero attached hydrogens (tertiary/aromatic N) is 3. The van der Waals surface area contributed by atoms with Gasteiger partial charge < -0.3 is 5.32 Å². The largest absolute Gasteiger partial charge is 0.350 e. The molecule has 94 valence electrons. The third-order valence-corrected chi connectivity index (χ3v) is 2.59. The predicted octanol–water partition coefficient (Wildman–Crippen LogP) is 1.29. The summed E-state index contributed by atoms with van der Waals surface area (Å²) in [5, 5.41) is 6.66. The molecule has 1 atom stereocenters. The molecule has 0 saturated heterocycles. The summed E-state index contributed by atoms with van der Waals surface area (Å²) in [6, 6.07) is 5.57. The number of rotatable bonds is 4. The van der Waals surface area contributed by atoms with Crippen LogP contribution in [0.25, 0.3) is 0 Å². The summed E-state index contributed by atoms with van der Waals surface area (Å²) in [5.74, 6) is -0.453. The van der Waals surface area contributed by atoms with Crippen molar-refractivity contribution < 1.29 is 9.18 Å². The first-order chi connectivity index (χ1) is 8.66. The summed E-state index contributed by atoms with van der Waals surface area (Å²) >= 11 is 0. The quantitative estimate of drug-likeness (QED) is 0.887. The van der Waals surface area contributed by atoms with E-state index in [-0.39, 0.29) is 11.7 Å². The van der Waals surface area contributed by atoms with Crippen LogP contribution in [0.4, 0.5) is 4.39 Å². The van der Waals surface area contributed by atoms with E-state index in [0.29, 0.717) is 6.54 Å². The second-order valence-electron chi connectivity index (χ2n) is 3.90. The summed E-state index contributed by atoms with van der Waals surface area (Å²) in [6.45, 7) is 2.09. The molecule has 0 radical (unpaired) electrons. The molecule has 1 N–H and O–H groups in total. The second-order valence-corrected chi connectivity index (χ2v) is 3.90. The lowest BCUT2D eigenvalue weighted by Crippen LogP contribution is -2.30. The van der Waals surface area contributed by atoms with Gasteiger partial charge in [0.15, 0.2) is 0 Å². The monoisotopic (exact) mass is 248 g/mol. The van der Waals surface area contributed by atoms with Gasteiger partial charge in [0.05, 0.1) is 0 Å². The second kappa shape index (κ2) is 5.39. The maximum atomic E-state index is 12.7. The van der Waals surface area contributed by atoms with Crippen molar-refractivity contribution in [1.29, 1.82) is 0 Å². The van der Waals surface area contributed by atoms with E-state index in [4.69, 9.17) is 0 Å². The Morgan fingerprint density at radius 3 is 2.78 bits per heavy atom. The van der Waals surface area contributed by atoms with Gasteiger partial charge in [-0.05, 0) is 24.6 Å². The highest BCUT2D eigenvalue weighted by Gasteiger charge is 2.14. The smallest absolute Gasteiger partial charge is 0.244 e. The Labute approximate surface area is 104 Å². The van der Waals surface area contributed by atoms with Gasteiger partial charge in [0.2, 0.25) is 5.91 Å². The molecule has 1 aromatic carbocycles. The molecular formula is C12H13FN4O. The van der Waals surface area contributed by atoms with Crippen molar-refractivity contribution in [3.05, 3.63) is 48.3 Å². The molecule has 1 unspecified atom stereocenters. The molecule has 6 heteroatoms. The van der Waals surface area contributed by atoms with Gasteiger partial charge in [-0.25, -0.2) is 14.1 Å². The average Bonchev–Trinajstić information content (AvgIpc) is 2.90. The fourth-order valence-corrected chi connectivity index (χ4v) is 1.48. The average molecular weight is 248 g/mol. The minimum atomic E-state index is -0.423. The zero-order valence-electron chi connectivity index (χ0n) is 9.88. The van der Waals surface area contributed by atoms with Crippen molar-refractivity contribution in [2.24, 2.45) is 0 Å². The first kappa shape index (κ1) is 12.2. The predicted molar refractivity (Wildman–Crippen MR) is 63.0 cm³/mol. The maximum Gasteiger partial charge on any atom is 0.244 e. The van der Waals surface area contributed by atoms with Crippen LogP contribution in [-0.2, 0) is 11.3 Å². The van der Waals surface area contributed by atoms with Crippen LogP contribution in [0.5, 0.6) is 0 Å². The van der Waals surface area contributed by atoms with Gasteiger partial charge in [0.1, 0.15) is 24.5 Å². The van der Waals surface area contributed by atoms with E-state index in [2.05, 4.69) is 15.4 Å². The first-order valence-electron chi connectivity index (χ1n) is 5.53. The summed E-state index contributed by atoms with van der Waals surface area (Å²) in [6.07, 6.45) is 2.87. The zero-order chi connectivity index (χ0) is 13.0. The van der Waals surface area contributed by atoms with Crippen molar-refractivity contribution in [3.63, 3.8) is 0 Å². The molecule has 0 bridgehead atoms. The van der Waals surface area contributed by atoms with Crippen molar-refractivity contribution >= 4 is 5.91 Å². The van der Waals surface area contributed by atoms with Crippen LogP contribution >= 0.6 is 0 Å². The Kier molecular flexibility index (Phi) is 3.66. The molecule has 0 saturated carbocycles. The van der Waals surface area contributed by atoms with Gasteiger partial charge in [-0.3, -0.25) is 4.79 Å². The van der Waals surface area contributed by atoms with Crippen LogP contribution in [0.3, 0.4) is 0 Å². The molecule has 0 spiro atoms. The number of carbonyl (C=O) groups excluding carboxylic acids is 1. The van der Waals surface area contributed by atoms with E-state index in [1.165, 1.54) is 29.5 Å². The van der Waals surface area contributed by atoms with E-state index in [0.717, 1.165) is 5.56 Å². The minimum absolute atomic E-state index is 0.162. The van der Waals surface area contributed by atoms with Gasteiger partial charge in [-0.2, -0.15) is 5.10 Å². The Morgan fingerprint density at radius 1 is 1.44 bits per heavy atom. The van der Waals surface area contributed by atoms with E-state index in [1.807, 2.05) is 0 Å². The van der Waals surface area contributed by atoms with E-state index >= 15 is 0 Å². The molecule has 0 aliphatic heterocycles. The van der Waals surface area contributed by atoms with Crippen molar-refractivity contribution in [3.8, 4) is 0 Å². The number of nitrogens with one attached hydrogen (secondary N) is 1. The van der Waals surface area contributed by atoms with Crippen LogP contribution in [0.15, 0.2) is 36.9 Å². The van der Waals surface area contributed by atoms with E-state index in [9.17, 15) is 9.18 Å². The Morgan fingerprint density at radius 2 is 2.17 bits per heavy atom. The molecule has 1 heterocycles. The van der Waals surface area contributed by atoms with Gasteiger partial charge in [0, 0.05) is 6.54 Å². The molecule has 0 aliphatic rings. The highest BCUT2D eigenvalue weighted by atomic mass is 19.1. The van der Waals surface area contributed by atoms with Crippen LogP contribution < -0.4 is 5.32 Å². The lowest BCUT2D eigenvalue weighted by molar-refractivity contribution is -0.124. The molecule has 2 rings (SSSR count). The molecule has 5 nitrogen and oxygen atoms in total. The van der Waals surface area contributed by atoms with Crippen LogP contribution in [0.2, 0.25) is 0 Å². The summed E-state index contributed by atoms with van der Waals surface area (Å²) < 4.78 is 14.2. The molecular weight excluding hydrogens is 235 g/mol. The van der Waals surface area contributed by atoms with E-state index < -0.39 is 6.04 Å². The fraction of sp³-hybridized carbons (Fsp3) is 0.250. The van der Waals surface area contributed by atoms with Crippen molar-refractivity contribution in [2.45, 2.75) is 19.5 Å². The van der Waals surface area contributed by atoms with Crippen LogP contribution in [-0.4, -0.2) is 20.7 Å². The van der Waals surface area contributed by atoms with Crippen LogP contribution in [0.1, 0.15) is 18.5 Å². The highest BCUT2D eigenvalue weighted by molar-refractivity contribution is 5.79. The molecule has 1 amide bonds. The third kappa shape index (κ3) is 2.91. The molecule has 0 fully saturated rings. The van der Waals surface area contributed by atoms with Gasteiger partial charge >= 0.3 is 0 Å². The number of hydrogen-bond donors (Lipinski definition) is 1. The molecule has 2 aromatic rings. The summed E-state index contributed by atoms with van der Waals surface area (Å²) in [4.78, 5) is 15.6. The van der Waals surface area contributed by atoms with Crippen molar-refractivity contribution in [2.75, 3.05) is 0 Å². The molecule has 18 heavy (non-hydrogen) atoms. The number of hydrogen-bond acceptors (Lipinski definition) is 3. The molecule has 0 aliphatic carbocycles. The van der Waals surface area contributed by atoms with Gasteiger partial charge in [-0.15, -0.1) is 0 Å². The van der Waals surface area contributed by atoms with Gasteiger partial charge in [0.25, 0.3) is 0 Å². The summed E-state index contributed by atoms with van der Waals surface area (Å²) in [7, 11) is 0. The van der Waals surface area contributed by atoms with Gasteiger partial charge in [-0.1, -0.05) is 12.1 Å². The number of halogens is 1. The Bertz CT molecular complexity index is 509. The SMILES string of the molecule is CC(C(=O)NCc1ccc(F)cc1)n1cncn1. The number of carbonyl (C=O) groups is 1. The number of benzene rings is 1. The first-order valence-corrected chi connectivity index (χ1v) is 5.53. The zero-order valence-corrected chi connectivity index (χ0v) is 9.88. The Balaban J connectivity index is 1.90.